The molecule has 1 N–H and O–H groups in total. The van der Waals surface area contributed by atoms with E-state index >= 15 is 0 Å². The number of anilines is 2. The highest BCUT2D eigenvalue weighted by Crippen LogP contribution is 2.32. The largest absolute Gasteiger partial charge is 0.495 e. The molecule has 0 unspecified atom stereocenters. The molecule has 32 heavy (non-hydrogen) atoms. The maximum Gasteiger partial charge on any atom is 0.416 e. The molecule has 0 aliphatic carbocycles. The van der Waals surface area contributed by atoms with Gasteiger partial charge in [0.2, 0.25) is 0 Å². The summed E-state index contributed by atoms with van der Waals surface area (Å²) in [6.07, 6.45) is -4.54. The maximum absolute atomic E-state index is 13.0. The molecule has 0 radical (unpaired) electrons. The predicted octanol–water partition coefficient (Wildman–Crippen LogP) is 4.79. The topological polar surface area (TPSA) is 75.7 Å². The van der Waals surface area contributed by atoms with E-state index in [1.54, 1.807) is 24.3 Å². The summed E-state index contributed by atoms with van der Waals surface area (Å²) < 4.78 is 70.7. The third-order valence-electron chi connectivity index (χ3n) is 4.65. The van der Waals surface area contributed by atoms with Crippen molar-refractivity contribution in [2.75, 3.05) is 23.8 Å². The molecular formula is C22H19F3N2O4S. The molecular weight excluding hydrogens is 445 g/mol. The van der Waals surface area contributed by atoms with Gasteiger partial charge in [0.25, 0.3) is 15.9 Å². The van der Waals surface area contributed by atoms with Gasteiger partial charge < -0.3 is 10.1 Å². The van der Waals surface area contributed by atoms with Crippen LogP contribution in [-0.4, -0.2) is 28.5 Å². The molecule has 10 heteroatoms. The van der Waals surface area contributed by atoms with Crippen LogP contribution in [-0.2, 0) is 16.2 Å². The van der Waals surface area contributed by atoms with Crippen LogP contribution < -0.4 is 14.4 Å². The molecule has 0 bridgehead atoms. The van der Waals surface area contributed by atoms with Gasteiger partial charge in [-0.1, -0.05) is 18.2 Å². The Morgan fingerprint density at radius 3 is 2.25 bits per heavy atom. The van der Waals surface area contributed by atoms with Crippen LogP contribution in [0, 0.1) is 0 Å². The zero-order valence-electron chi connectivity index (χ0n) is 17.1. The van der Waals surface area contributed by atoms with Crippen molar-refractivity contribution in [1.29, 1.82) is 0 Å². The average molecular weight is 464 g/mol. The minimum absolute atomic E-state index is 0.0302. The van der Waals surface area contributed by atoms with Gasteiger partial charge >= 0.3 is 6.18 Å². The van der Waals surface area contributed by atoms with E-state index in [1.807, 2.05) is 0 Å². The van der Waals surface area contributed by atoms with Crippen molar-refractivity contribution in [2.45, 2.75) is 11.1 Å². The van der Waals surface area contributed by atoms with Crippen LogP contribution in [0.15, 0.2) is 77.7 Å². The first-order chi connectivity index (χ1) is 15.0. The predicted molar refractivity (Wildman–Crippen MR) is 114 cm³/mol. The Morgan fingerprint density at radius 2 is 1.62 bits per heavy atom. The van der Waals surface area contributed by atoms with Gasteiger partial charge in [-0.25, -0.2) is 8.42 Å². The van der Waals surface area contributed by atoms with Crippen molar-refractivity contribution in [2.24, 2.45) is 0 Å². The number of alkyl halides is 3. The van der Waals surface area contributed by atoms with E-state index in [2.05, 4.69) is 5.32 Å². The summed E-state index contributed by atoms with van der Waals surface area (Å²) in [5.41, 5.74) is -0.503. The second-order valence-electron chi connectivity index (χ2n) is 6.70. The van der Waals surface area contributed by atoms with E-state index in [0.717, 1.165) is 16.4 Å². The zero-order valence-corrected chi connectivity index (χ0v) is 17.9. The van der Waals surface area contributed by atoms with Gasteiger partial charge in [0.1, 0.15) is 5.75 Å². The number of amides is 1. The molecule has 3 aromatic rings. The van der Waals surface area contributed by atoms with Crippen LogP contribution >= 0.6 is 0 Å². The lowest BCUT2D eigenvalue weighted by Crippen LogP contribution is -2.27. The molecule has 0 saturated heterocycles. The zero-order chi connectivity index (χ0) is 23.5. The highest BCUT2D eigenvalue weighted by molar-refractivity contribution is 7.92. The lowest BCUT2D eigenvalue weighted by molar-refractivity contribution is -0.137. The van der Waals surface area contributed by atoms with Crippen LogP contribution in [0.5, 0.6) is 5.75 Å². The minimum atomic E-state index is -4.54. The lowest BCUT2D eigenvalue weighted by Gasteiger charge is -2.21. The highest BCUT2D eigenvalue weighted by Gasteiger charge is 2.30. The summed E-state index contributed by atoms with van der Waals surface area (Å²) in [7, 11) is -1.15. The summed E-state index contributed by atoms with van der Waals surface area (Å²) in [5, 5.41) is 2.38. The number of methoxy groups -OCH3 is 1. The standard InChI is InChI=1S/C22H19F3N2O4S/c1-27(19-8-3-4-9-20(19)31-2)32(29,30)18-12-10-15(11-13-18)21(28)26-17-7-5-6-16(14-17)22(23,24)25/h3-14H,1-2H3,(H,26,28). The fraction of sp³-hybridized carbons (Fsp3) is 0.136. The maximum atomic E-state index is 13.0. The summed E-state index contributed by atoms with van der Waals surface area (Å²) in [6.45, 7) is 0. The molecule has 0 heterocycles. The Labute approximate surface area is 183 Å². The Hall–Kier alpha value is -3.53. The lowest BCUT2D eigenvalue weighted by atomic mass is 10.1. The molecule has 6 nitrogen and oxygen atoms in total. The molecule has 0 aliphatic heterocycles. The van der Waals surface area contributed by atoms with Crippen molar-refractivity contribution < 1.29 is 31.1 Å². The first-order valence-electron chi connectivity index (χ1n) is 9.24. The third kappa shape index (κ3) is 4.86. The van der Waals surface area contributed by atoms with E-state index in [0.29, 0.717) is 11.4 Å². The fourth-order valence-corrected chi connectivity index (χ4v) is 4.14. The number of hydrogen-bond donors (Lipinski definition) is 1. The number of ether oxygens (including phenoxy) is 1. The minimum Gasteiger partial charge on any atom is -0.495 e. The number of sulfonamides is 1. The van der Waals surface area contributed by atoms with E-state index in [1.165, 1.54) is 50.6 Å². The molecule has 1 amide bonds. The van der Waals surface area contributed by atoms with Crippen molar-refractivity contribution in [3.63, 3.8) is 0 Å². The molecule has 0 atom stereocenters. The number of rotatable bonds is 6. The van der Waals surface area contributed by atoms with Gasteiger partial charge in [-0.15, -0.1) is 0 Å². The number of nitrogens with one attached hydrogen (secondary N) is 1. The molecule has 0 saturated carbocycles. The van der Waals surface area contributed by atoms with Crippen LogP contribution in [0.3, 0.4) is 0 Å². The Kier molecular flexibility index (Phi) is 6.45. The van der Waals surface area contributed by atoms with Crippen LogP contribution in [0.4, 0.5) is 24.5 Å². The second-order valence-corrected chi connectivity index (χ2v) is 8.67. The van der Waals surface area contributed by atoms with Crippen LogP contribution in [0.2, 0.25) is 0 Å². The number of hydrogen-bond acceptors (Lipinski definition) is 4. The van der Waals surface area contributed by atoms with Gasteiger partial charge in [-0.05, 0) is 54.6 Å². The Balaban J connectivity index is 1.80. The third-order valence-corrected chi connectivity index (χ3v) is 6.43. The van der Waals surface area contributed by atoms with Crippen molar-refractivity contribution >= 4 is 27.3 Å². The van der Waals surface area contributed by atoms with Crippen molar-refractivity contribution in [3.8, 4) is 5.75 Å². The number of carbonyl (C=O) groups is 1. The number of halogens is 3. The van der Waals surface area contributed by atoms with E-state index in [4.69, 9.17) is 4.74 Å². The first kappa shape index (κ1) is 23.1. The van der Waals surface area contributed by atoms with E-state index in [9.17, 15) is 26.4 Å². The second kappa shape index (κ2) is 8.91. The number of nitrogens with zero attached hydrogens (tertiary/aromatic N) is 1. The van der Waals surface area contributed by atoms with Crippen molar-refractivity contribution in [1.82, 2.24) is 0 Å². The monoisotopic (exact) mass is 464 g/mol. The van der Waals surface area contributed by atoms with Crippen molar-refractivity contribution in [3.05, 3.63) is 83.9 Å². The van der Waals surface area contributed by atoms with Crippen LogP contribution in [0.25, 0.3) is 0 Å². The SMILES string of the molecule is COc1ccccc1N(C)S(=O)(=O)c1ccc(C(=O)Nc2cccc(C(F)(F)F)c2)cc1. The summed E-state index contributed by atoms with van der Waals surface area (Å²) in [4.78, 5) is 12.3. The van der Waals surface area contributed by atoms with Crippen LogP contribution in [0.1, 0.15) is 15.9 Å². The van der Waals surface area contributed by atoms with Gasteiger partial charge in [0.05, 0.1) is 23.3 Å². The van der Waals surface area contributed by atoms with Gasteiger partial charge in [-0.3, -0.25) is 9.10 Å². The van der Waals surface area contributed by atoms with Gasteiger partial charge in [-0.2, -0.15) is 13.2 Å². The van der Waals surface area contributed by atoms with Gasteiger partial charge in [0.15, 0.2) is 0 Å². The number of carbonyl (C=O) groups excluding carboxylic acids is 1. The highest BCUT2D eigenvalue weighted by atomic mass is 32.2. The normalized spacial score (nSPS) is 11.7. The molecule has 0 spiro atoms. The summed E-state index contributed by atoms with van der Waals surface area (Å²) >= 11 is 0. The summed E-state index contributed by atoms with van der Waals surface area (Å²) in [6, 6.07) is 15.9. The van der Waals surface area contributed by atoms with E-state index in [-0.39, 0.29) is 16.1 Å². The fourth-order valence-electron chi connectivity index (χ4n) is 2.93. The molecule has 0 fully saturated rings. The molecule has 0 aromatic heterocycles. The Bertz CT molecular complexity index is 1230. The molecule has 168 valence electrons. The number of benzene rings is 3. The Morgan fingerprint density at radius 1 is 0.969 bits per heavy atom. The smallest absolute Gasteiger partial charge is 0.416 e. The molecule has 3 rings (SSSR count). The quantitative estimate of drug-likeness (QED) is 0.569. The van der Waals surface area contributed by atoms with E-state index < -0.39 is 27.7 Å². The first-order valence-corrected chi connectivity index (χ1v) is 10.7. The molecule has 3 aromatic carbocycles. The van der Waals surface area contributed by atoms with Gasteiger partial charge in [0, 0.05) is 18.3 Å². The molecule has 0 aliphatic rings. The average Bonchev–Trinajstić information content (AvgIpc) is 2.78. The number of para-hydroxylation sites is 2. The summed E-state index contributed by atoms with van der Waals surface area (Å²) in [5.74, 6) is -0.304.